The lowest BCUT2D eigenvalue weighted by molar-refractivity contribution is -0.130. The van der Waals surface area contributed by atoms with Gasteiger partial charge in [-0.15, -0.1) is 0 Å². The van der Waals surface area contributed by atoms with E-state index in [1.54, 1.807) is 29.2 Å². The second-order valence-electron chi connectivity index (χ2n) is 7.89. The maximum absolute atomic E-state index is 12.6. The van der Waals surface area contributed by atoms with Crippen LogP contribution < -0.4 is 0 Å². The van der Waals surface area contributed by atoms with Crippen LogP contribution in [0.2, 0.25) is 10.0 Å². The molecule has 2 aliphatic rings. The Hall–Kier alpha value is -1.60. The molecule has 0 atom stereocenters. The Morgan fingerprint density at radius 3 is 2.57 bits per heavy atom. The first-order chi connectivity index (χ1) is 14.4. The average Bonchev–Trinajstić information content (AvgIpc) is 2.92. The Kier molecular flexibility index (Phi) is 8.57. The molecule has 3 rings (SSSR count). The van der Waals surface area contributed by atoms with Crippen LogP contribution in [-0.4, -0.2) is 83.5 Å². The van der Waals surface area contributed by atoms with E-state index in [2.05, 4.69) is 4.90 Å². The smallest absolute Gasteiger partial charge is 0.246 e. The van der Waals surface area contributed by atoms with Crippen molar-refractivity contribution in [2.24, 2.45) is 0 Å². The zero-order valence-corrected chi connectivity index (χ0v) is 18.6. The van der Waals surface area contributed by atoms with Crippen molar-refractivity contribution < 1.29 is 14.7 Å². The number of carbonyl (C=O) groups excluding carboxylic acids is 2. The SMILES string of the molecule is O=C(/C=C/c1ccc(Cl)c(Cl)c1)N1CCC(=O)N(CCCN2CCC(O)CC2)CC1. The highest BCUT2D eigenvalue weighted by atomic mass is 35.5. The van der Waals surface area contributed by atoms with E-state index >= 15 is 0 Å². The van der Waals surface area contributed by atoms with Crippen LogP contribution in [0.1, 0.15) is 31.2 Å². The minimum atomic E-state index is -0.164. The summed E-state index contributed by atoms with van der Waals surface area (Å²) in [6.07, 6.45) is 5.98. The van der Waals surface area contributed by atoms with Crippen molar-refractivity contribution in [2.45, 2.75) is 31.8 Å². The molecular weight excluding hydrogens is 425 g/mol. The van der Waals surface area contributed by atoms with Crippen LogP contribution >= 0.6 is 23.2 Å². The van der Waals surface area contributed by atoms with Gasteiger partial charge in [-0.1, -0.05) is 29.3 Å². The van der Waals surface area contributed by atoms with E-state index in [1.165, 1.54) is 6.08 Å². The number of piperidine rings is 1. The molecule has 0 aromatic heterocycles. The van der Waals surface area contributed by atoms with Gasteiger partial charge >= 0.3 is 0 Å². The van der Waals surface area contributed by atoms with Crippen molar-refractivity contribution >= 4 is 41.1 Å². The van der Waals surface area contributed by atoms with Gasteiger partial charge in [-0.05, 0) is 49.6 Å². The minimum Gasteiger partial charge on any atom is -0.393 e. The second kappa shape index (κ2) is 11.1. The summed E-state index contributed by atoms with van der Waals surface area (Å²) >= 11 is 11.9. The molecule has 2 amide bonds. The van der Waals surface area contributed by atoms with Crippen molar-refractivity contribution in [3.05, 3.63) is 39.9 Å². The van der Waals surface area contributed by atoms with Gasteiger partial charge < -0.3 is 19.8 Å². The molecule has 164 valence electrons. The minimum absolute atomic E-state index is 0.104. The van der Waals surface area contributed by atoms with E-state index < -0.39 is 0 Å². The molecule has 0 radical (unpaired) electrons. The highest BCUT2D eigenvalue weighted by Gasteiger charge is 2.23. The third-order valence-corrected chi connectivity index (χ3v) is 6.46. The summed E-state index contributed by atoms with van der Waals surface area (Å²) in [4.78, 5) is 30.9. The van der Waals surface area contributed by atoms with Crippen molar-refractivity contribution in [1.82, 2.24) is 14.7 Å². The zero-order chi connectivity index (χ0) is 21.5. The van der Waals surface area contributed by atoms with Crippen LogP contribution in [0.25, 0.3) is 6.08 Å². The number of carbonyl (C=O) groups is 2. The zero-order valence-electron chi connectivity index (χ0n) is 17.1. The van der Waals surface area contributed by atoms with Crippen LogP contribution in [0.15, 0.2) is 24.3 Å². The van der Waals surface area contributed by atoms with Crippen LogP contribution in [-0.2, 0) is 9.59 Å². The van der Waals surface area contributed by atoms with Crippen molar-refractivity contribution in [3.8, 4) is 0 Å². The van der Waals surface area contributed by atoms with Gasteiger partial charge in [0.25, 0.3) is 0 Å². The highest BCUT2D eigenvalue weighted by molar-refractivity contribution is 6.42. The standard InChI is InChI=1S/C22H29Cl2N3O3/c23-19-4-2-17(16-20(19)24)3-5-21(29)27-13-8-22(30)26(14-15-27)10-1-9-25-11-6-18(28)7-12-25/h2-5,16,18,28H,1,6-15H2/b5-3+. The molecule has 2 aliphatic heterocycles. The van der Waals surface area contributed by atoms with Gasteiger partial charge in [0.1, 0.15) is 0 Å². The van der Waals surface area contributed by atoms with Crippen molar-refractivity contribution in [1.29, 1.82) is 0 Å². The number of hydrogen-bond acceptors (Lipinski definition) is 4. The fourth-order valence-corrected chi connectivity index (χ4v) is 4.15. The van der Waals surface area contributed by atoms with Gasteiger partial charge in [0.15, 0.2) is 0 Å². The van der Waals surface area contributed by atoms with E-state index in [1.807, 2.05) is 4.90 Å². The summed E-state index contributed by atoms with van der Waals surface area (Å²) < 4.78 is 0. The van der Waals surface area contributed by atoms with E-state index in [0.717, 1.165) is 44.5 Å². The lowest BCUT2D eigenvalue weighted by atomic mass is 10.1. The molecule has 0 bridgehead atoms. The van der Waals surface area contributed by atoms with Crippen LogP contribution in [0.4, 0.5) is 0 Å². The molecule has 2 fully saturated rings. The summed E-state index contributed by atoms with van der Waals surface area (Å²) in [6, 6.07) is 5.21. The Labute approximate surface area is 188 Å². The second-order valence-corrected chi connectivity index (χ2v) is 8.70. The van der Waals surface area contributed by atoms with E-state index in [9.17, 15) is 14.7 Å². The van der Waals surface area contributed by atoms with Gasteiger partial charge in [-0.3, -0.25) is 9.59 Å². The monoisotopic (exact) mass is 453 g/mol. The lowest BCUT2D eigenvalue weighted by Crippen LogP contribution is -2.39. The molecule has 0 saturated carbocycles. The summed E-state index contributed by atoms with van der Waals surface area (Å²) in [6.45, 7) is 5.01. The largest absolute Gasteiger partial charge is 0.393 e. The number of aliphatic hydroxyl groups is 1. The number of likely N-dealkylation sites (tertiary alicyclic amines) is 1. The fourth-order valence-electron chi connectivity index (χ4n) is 3.84. The first-order valence-electron chi connectivity index (χ1n) is 10.5. The molecule has 0 unspecified atom stereocenters. The third-order valence-electron chi connectivity index (χ3n) is 5.72. The Morgan fingerprint density at radius 2 is 1.83 bits per heavy atom. The number of aliphatic hydroxyl groups excluding tert-OH is 1. The summed E-state index contributed by atoms with van der Waals surface area (Å²) in [5.74, 6) is -0.00424. The van der Waals surface area contributed by atoms with E-state index in [0.29, 0.717) is 42.6 Å². The highest BCUT2D eigenvalue weighted by Crippen LogP contribution is 2.23. The predicted octanol–water partition coefficient (Wildman–Crippen LogP) is 2.91. The first-order valence-corrected chi connectivity index (χ1v) is 11.3. The molecule has 0 aliphatic carbocycles. The molecule has 1 aromatic rings. The fraction of sp³-hybridized carbons (Fsp3) is 0.545. The Morgan fingerprint density at radius 1 is 1.07 bits per heavy atom. The third kappa shape index (κ3) is 6.71. The normalized spacial score (nSPS) is 19.5. The summed E-state index contributed by atoms with van der Waals surface area (Å²) in [5, 5.41) is 10.5. The number of benzene rings is 1. The maximum Gasteiger partial charge on any atom is 0.246 e. The van der Waals surface area contributed by atoms with Gasteiger partial charge in [0, 0.05) is 51.8 Å². The van der Waals surface area contributed by atoms with Gasteiger partial charge in [-0.2, -0.15) is 0 Å². The molecule has 1 aromatic carbocycles. The van der Waals surface area contributed by atoms with Gasteiger partial charge in [-0.25, -0.2) is 0 Å². The number of hydrogen-bond donors (Lipinski definition) is 1. The molecule has 1 N–H and O–H groups in total. The average molecular weight is 454 g/mol. The van der Waals surface area contributed by atoms with Gasteiger partial charge in [0.2, 0.25) is 11.8 Å². The van der Waals surface area contributed by atoms with Crippen LogP contribution in [0.5, 0.6) is 0 Å². The molecule has 6 nitrogen and oxygen atoms in total. The van der Waals surface area contributed by atoms with E-state index in [4.69, 9.17) is 23.2 Å². The topological polar surface area (TPSA) is 64.1 Å². The summed E-state index contributed by atoms with van der Waals surface area (Å²) in [5.41, 5.74) is 0.801. The number of amides is 2. The number of halogens is 2. The van der Waals surface area contributed by atoms with E-state index in [-0.39, 0.29) is 17.9 Å². The molecular formula is C22H29Cl2N3O3. The molecule has 8 heteroatoms. The Bertz CT molecular complexity index is 779. The van der Waals surface area contributed by atoms with Crippen molar-refractivity contribution in [3.63, 3.8) is 0 Å². The molecule has 30 heavy (non-hydrogen) atoms. The molecule has 0 spiro atoms. The maximum atomic E-state index is 12.6. The summed E-state index contributed by atoms with van der Waals surface area (Å²) in [7, 11) is 0. The van der Waals surface area contributed by atoms with Crippen LogP contribution in [0.3, 0.4) is 0 Å². The van der Waals surface area contributed by atoms with Gasteiger partial charge in [0.05, 0.1) is 16.1 Å². The quantitative estimate of drug-likeness (QED) is 0.672. The van der Waals surface area contributed by atoms with Crippen LogP contribution in [0, 0.1) is 0 Å². The first kappa shape index (κ1) is 23.1. The lowest BCUT2D eigenvalue weighted by Gasteiger charge is -2.30. The molecule has 2 saturated heterocycles. The Balaban J connectivity index is 1.45. The number of nitrogens with zero attached hydrogens (tertiary/aromatic N) is 3. The molecule has 2 heterocycles. The number of rotatable bonds is 6. The predicted molar refractivity (Wildman–Crippen MR) is 120 cm³/mol. The van der Waals surface area contributed by atoms with Crippen molar-refractivity contribution in [2.75, 3.05) is 45.8 Å².